The summed E-state index contributed by atoms with van der Waals surface area (Å²) in [4.78, 5) is 0. The van der Waals surface area contributed by atoms with Crippen molar-refractivity contribution < 1.29 is 4.74 Å². The monoisotopic (exact) mass is 288 g/mol. The minimum Gasteiger partial charge on any atom is -0.486 e. The number of rotatable bonds is 7. The first kappa shape index (κ1) is 15.5. The summed E-state index contributed by atoms with van der Waals surface area (Å²) >= 11 is 0. The predicted octanol–water partition coefficient (Wildman–Crippen LogP) is 2.24. The van der Waals surface area contributed by atoms with Crippen molar-refractivity contribution in [2.75, 3.05) is 6.54 Å². The first-order chi connectivity index (χ1) is 10.1. The molecule has 0 saturated heterocycles. The Morgan fingerprint density at radius 1 is 1.24 bits per heavy atom. The number of hydrogen-bond donors (Lipinski definition) is 1. The molecule has 2 aromatic rings. The van der Waals surface area contributed by atoms with E-state index >= 15 is 0 Å². The van der Waals surface area contributed by atoms with E-state index in [4.69, 9.17) is 4.74 Å². The van der Waals surface area contributed by atoms with E-state index in [1.54, 1.807) is 0 Å². The van der Waals surface area contributed by atoms with Crippen LogP contribution in [0.2, 0.25) is 0 Å². The van der Waals surface area contributed by atoms with Crippen LogP contribution in [0.1, 0.15) is 31.1 Å². The smallest absolute Gasteiger partial charge is 0.170 e. The molecule has 0 spiro atoms. The molecule has 0 amide bonds. The molecule has 21 heavy (non-hydrogen) atoms. The highest BCUT2D eigenvalue weighted by molar-refractivity contribution is 5.27. The van der Waals surface area contributed by atoms with Crippen LogP contribution in [0.15, 0.2) is 24.3 Å². The van der Waals surface area contributed by atoms with Crippen molar-refractivity contribution in [2.45, 2.75) is 39.8 Å². The Kier molecular flexibility index (Phi) is 5.33. The average Bonchev–Trinajstić information content (AvgIpc) is 2.78. The van der Waals surface area contributed by atoms with Crippen molar-refractivity contribution in [1.82, 2.24) is 20.1 Å². The van der Waals surface area contributed by atoms with Gasteiger partial charge < -0.3 is 14.6 Å². The number of nitrogens with zero attached hydrogens (tertiary/aromatic N) is 3. The van der Waals surface area contributed by atoms with Crippen molar-refractivity contribution >= 4 is 0 Å². The van der Waals surface area contributed by atoms with Crippen LogP contribution in [0.3, 0.4) is 0 Å². The Morgan fingerprint density at radius 3 is 2.52 bits per heavy atom. The molecule has 0 aliphatic rings. The van der Waals surface area contributed by atoms with Crippen LogP contribution < -0.4 is 10.1 Å². The van der Waals surface area contributed by atoms with Crippen LogP contribution >= 0.6 is 0 Å². The molecule has 1 N–H and O–H groups in total. The van der Waals surface area contributed by atoms with Gasteiger partial charge in [-0.3, -0.25) is 0 Å². The van der Waals surface area contributed by atoms with Gasteiger partial charge in [-0.15, -0.1) is 10.2 Å². The molecule has 0 bridgehead atoms. The van der Waals surface area contributed by atoms with Gasteiger partial charge in [0.15, 0.2) is 5.82 Å². The number of hydrogen-bond acceptors (Lipinski definition) is 4. The highest BCUT2D eigenvalue weighted by atomic mass is 16.5. The van der Waals surface area contributed by atoms with Gasteiger partial charge in [-0.05, 0) is 44.5 Å². The minimum atomic E-state index is 0.435. The van der Waals surface area contributed by atoms with Crippen molar-refractivity contribution in [3.8, 4) is 5.75 Å². The first-order valence-corrected chi connectivity index (χ1v) is 7.40. The SMILES string of the molecule is CCNC(C)Cc1ccc(OCc2nnc(C)n2C)cc1. The lowest BCUT2D eigenvalue weighted by Crippen LogP contribution is -2.27. The maximum Gasteiger partial charge on any atom is 0.170 e. The summed E-state index contributed by atoms with van der Waals surface area (Å²) in [6.45, 7) is 7.69. The molecule has 1 heterocycles. The van der Waals surface area contributed by atoms with E-state index < -0.39 is 0 Å². The molecule has 1 aromatic heterocycles. The average molecular weight is 288 g/mol. The molecule has 0 fully saturated rings. The number of aryl methyl sites for hydroxylation is 1. The summed E-state index contributed by atoms with van der Waals surface area (Å²) in [7, 11) is 1.94. The summed E-state index contributed by atoms with van der Waals surface area (Å²) in [5.41, 5.74) is 1.31. The normalized spacial score (nSPS) is 12.4. The van der Waals surface area contributed by atoms with E-state index in [0.29, 0.717) is 12.6 Å². The summed E-state index contributed by atoms with van der Waals surface area (Å²) in [6, 6.07) is 8.74. The zero-order valence-electron chi connectivity index (χ0n) is 13.3. The molecule has 5 nitrogen and oxygen atoms in total. The summed E-state index contributed by atoms with van der Waals surface area (Å²) < 4.78 is 7.69. The van der Waals surface area contributed by atoms with Gasteiger partial charge in [0.25, 0.3) is 0 Å². The number of nitrogens with one attached hydrogen (secondary N) is 1. The van der Waals surface area contributed by atoms with Crippen LogP contribution in [-0.4, -0.2) is 27.4 Å². The van der Waals surface area contributed by atoms with E-state index in [-0.39, 0.29) is 0 Å². The predicted molar refractivity (Wildman–Crippen MR) is 83.4 cm³/mol. The van der Waals surface area contributed by atoms with Crippen LogP contribution in [-0.2, 0) is 20.1 Å². The second-order valence-electron chi connectivity index (χ2n) is 5.32. The lowest BCUT2D eigenvalue weighted by atomic mass is 10.1. The molecule has 0 aliphatic heterocycles. The molecule has 0 aliphatic carbocycles. The fraction of sp³-hybridized carbons (Fsp3) is 0.500. The maximum atomic E-state index is 5.75. The standard InChI is InChI=1S/C16H24N4O/c1-5-17-12(2)10-14-6-8-15(9-7-14)21-11-16-19-18-13(3)20(16)4/h6-9,12,17H,5,10-11H2,1-4H3. The molecular weight excluding hydrogens is 264 g/mol. The van der Waals surface area contributed by atoms with E-state index in [9.17, 15) is 0 Å². The minimum absolute atomic E-state index is 0.435. The number of aromatic nitrogens is 3. The number of ether oxygens (including phenoxy) is 1. The highest BCUT2D eigenvalue weighted by Gasteiger charge is 2.06. The van der Waals surface area contributed by atoms with Crippen molar-refractivity contribution in [3.05, 3.63) is 41.5 Å². The Labute approximate surface area is 126 Å². The van der Waals surface area contributed by atoms with Crippen LogP contribution in [0, 0.1) is 6.92 Å². The third-order valence-electron chi connectivity index (χ3n) is 3.57. The van der Waals surface area contributed by atoms with E-state index in [0.717, 1.165) is 30.4 Å². The van der Waals surface area contributed by atoms with Gasteiger partial charge in [0.2, 0.25) is 0 Å². The molecule has 1 aromatic carbocycles. The fourth-order valence-corrected chi connectivity index (χ4v) is 2.22. The molecule has 2 rings (SSSR count). The Balaban J connectivity index is 1.89. The largest absolute Gasteiger partial charge is 0.486 e. The number of benzene rings is 1. The molecule has 0 radical (unpaired) electrons. The molecule has 1 atom stereocenters. The Hall–Kier alpha value is -1.88. The maximum absolute atomic E-state index is 5.75. The van der Waals surface area contributed by atoms with Gasteiger partial charge in [0.1, 0.15) is 18.2 Å². The van der Waals surface area contributed by atoms with Gasteiger partial charge in [-0.25, -0.2) is 0 Å². The third-order valence-corrected chi connectivity index (χ3v) is 3.57. The molecule has 114 valence electrons. The van der Waals surface area contributed by atoms with Gasteiger partial charge >= 0.3 is 0 Å². The van der Waals surface area contributed by atoms with Gasteiger partial charge in [0, 0.05) is 13.1 Å². The zero-order chi connectivity index (χ0) is 15.2. The summed E-state index contributed by atoms with van der Waals surface area (Å²) in [6.07, 6.45) is 1.02. The summed E-state index contributed by atoms with van der Waals surface area (Å²) in [5.74, 6) is 2.58. The Morgan fingerprint density at radius 2 is 1.95 bits per heavy atom. The third kappa shape index (κ3) is 4.29. The van der Waals surface area contributed by atoms with Gasteiger partial charge in [-0.2, -0.15) is 0 Å². The van der Waals surface area contributed by atoms with Crippen molar-refractivity contribution in [3.63, 3.8) is 0 Å². The second-order valence-corrected chi connectivity index (χ2v) is 5.32. The summed E-state index contributed by atoms with van der Waals surface area (Å²) in [5, 5.41) is 11.5. The molecule has 5 heteroatoms. The molecule has 0 saturated carbocycles. The van der Waals surface area contributed by atoms with E-state index in [1.165, 1.54) is 5.56 Å². The van der Waals surface area contributed by atoms with Crippen molar-refractivity contribution in [1.29, 1.82) is 0 Å². The van der Waals surface area contributed by atoms with E-state index in [1.807, 2.05) is 30.7 Å². The molecule has 1 unspecified atom stereocenters. The lowest BCUT2D eigenvalue weighted by molar-refractivity contribution is 0.291. The van der Waals surface area contributed by atoms with Gasteiger partial charge in [-0.1, -0.05) is 19.1 Å². The van der Waals surface area contributed by atoms with Crippen molar-refractivity contribution in [2.24, 2.45) is 7.05 Å². The lowest BCUT2D eigenvalue weighted by Gasteiger charge is -2.12. The van der Waals surface area contributed by atoms with Crippen LogP contribution in [0.4, 0.5) is 0 Å². The zero-order valence-corrected chi connectivity index (χ0v) is 13.3. The number of likely N-dealkylation sites (N-methyl/N-ethyl adjacent to an activating group) is 1. The van der Waals surface area contributed by atoms with Crippen LogP contribution in [0.5, 0.6) is 5.75 Å². The Bertz CT molecular complexity index is 562. The molecular formula is C16H24N4O. The first-order valence-electron chi connectivity index (χ1n) is 7.40. The quantitative estimate of drug-likeness (QED) is 0.849. The fourth-order valence-electron chi connectivity index (χ4n) is 2.22. The van der Waals surface area contributed by atoms with Gasteiger partial charge in [0.05, 0.1) is 0 Å². The highest BCUT2D eigenvalue weighted by Crippen LogP contribution is 2.15. The topological polar surface area (TPSA) is 52.0 Å². The van der Waals surface area contributed by atoms with Crippen LogP contribution in [0.25, 0.3) is 0 Å². The van der Waals surface area contributed by atoms with E-state index in [2.05, 4.69) is 41.5 Å². The second kappa shape index (κ2) is 7.22.